The Labute approximate surface area is 189 Å². The summed E-state index contributed by atoms with van der Waals surface area (Å²) in [7, 11) is 1.74. The van der Waals surface area contributed by atoms with Crippen LogP contribution in [0, 0.1) is 5.82 Å². The lowest BCUT2D eigenvalue weighted by atomic mass is 10.0. The van der Waals surface area contributed by atoms with Crippen LogP contribution in [-0.4, -0.2) is 51.2 Å². The van der Waals surface area contributed by atoms with E-state index in [1.165, 1.54) is 6.07 Å². The minimum atomic E-state index is -0.215. The monoisotopic (exact) mass is 441 g/mol. The lowest BCUT2D eigenvalue weighted by molar-refractivity contribution is -0.122. The van der Waals surface area contributed by atoms with Gasteiger partial charge in [0.05, 0.1) is 0 Å². The molecule has 7 nitrogen and oxygen atoms in total. The van der Waals surface area contributed by atoms with E-state index in [0.717, 1.165) is 37.2 Å². The van der Waals surface area contributed by atoms with Gasteiger partial charge in [0.1, 0.15) is 11.6 Å². The maximum absolute atomic E-state index is 13.6. The summed E-state index contributed by atoms with van der Waals surface area (Å²) in [5.74, 6) is 1.01. The summed E-state index contributed by atoms with van der Waals surface area (Å²) in [6.07, 6.45) is 2.05. The first-order valence-corrected chi connectivity index (χ1v) is 11.0. The largest absolute Gasteiger partial charge is 0.484 e. The summed E-state index contributed by atoms with van der Waals surface area (Å²) >= 11 is 0. The van der Waals surface area contributed by atoms with Crippen LogP contribution in [0.25, 0.3) is 0 Å². The standard InChI is InChI=1S/C24H32FN5O2/c1-3-27-23(31)17-32-22-11-4-7-18(13-22)15-28-24(26-2)29-20-9-6-12-30(16-20)21-10-5-8-19(25)14-21/h4-5,7-8,10-11,13-14,20H,3,6,9,12,15-17H2,1-2H3,(H,27,31)(H2,26,28,29). The van der Waals surface area contributed by atoms with Crippen molar-refractivity contribution in [2.24, 2.45) is 4.99 Å². The third-order valence-electron chi connectivity index (χ3n) is 5.26. The molecule has 2 aromatic carbocycles. The number of guanidine groups is 1. The van der Waals surface area contributed by atoms with Crippen molar-refractivity contribution in [3.8, 4) is 5.75 Å². The molecule has 1 fully saturated rings. The number of piperidine rings is 1. The highest BCUT2D eigenvalue weighted by Gasteiger charge is 2.21. The van der Waals surface area contributed by atoms with E-state index < -0.39 is 0 Å². The number of amides is 1. The Hall–Kier alpha value is -3.29. The molecule has 0 bridgehead atoms. The number of aliphatic imine (C=N–C) groups is 1. The quantitative estimate of drug-likeness (QED) is 0.434. The van der Waals surface area contributed by atoms with Crippen LogP contribution in [0.4, 0.5) is 10.1 Å². The third kappa shape index (κ3) is 7.14. The van der Waals surface area contributed by atoms with Crippen LogP contribution in [0.5, 0.6) is 5.75 Å². The molecule has 1 aliphatic rings. The van der Waals surface area contributed by atoms with E-state index in [2.05, 4.69) is 25.8 Å². The average molecular weight is 442 g/mol. The molecule has 1 atom stereocenters. The molecular formula is C24H32FN5O2. The van der Waals surface area contributed by atoms with Gasteiger partial charge in [-0.15, -0.1) is 0 Å². The molecule has 172 valence electrons. The first-order valence-electron chi connectivity index (χ1n) is 11.0. The zero-order valence-corrected chi connectivity index (χ0v) is 18.7. The maximum Gasteiger partial charge on any atom is 0.257 e. The highest BCUT2D eigenvalue weighted by Crippen LogP contribution is 2.20. The van der Waals surface area contributed by atoms with Gasteiger partial charge in [-0.25, -0.2) is 4.39 Å². The van der Waals surface area contributed by atoms with Gasteiger partial charge in [-0.3, -0.25) is 9.79 Å². The predicted molar refractivity (Wildman–Crippen MR) is 126 cm³/mol. The second kappa shape index (κ2) is 11.9. The molecule has 8 heteroatoms. The fraction of sp³-hybridized carbons (Fsp3) is 0.417. The number of hydrogen-bond acceptors (Lipinski definition) is 4. The van der Waals surface area contributed by atoms with Crippen LogP contribution in [0.15, 0.2) is 53.5 Å². The third-order valence-corrected chi connectivity index (χ3v) is 5.26. The molecule has 1 unspecified atom stereocenters. The van der Waals surface area contributed by atoms with Crippen LogP contribution in [0.1, 0.15) is 25.3 Å². The van der Waals surface area contributed by atoms with Crippen LogP contribution < -0.4 is 25.6 Å². The van der Waals surface area contributed by atoms with E-state index in [4.69, 9.17) is 4.74 Å². The molecule has 32 heavy (non-hydrogen) atoms. The number of carbonyl (C=O) groups is 1. The van der Waals surface area contributed by atoms with Gasteiger partial charge in [-0.1, -0.05) is 18.2 Å². The van der Waals surface area contributed by atoms with Crippen LogP contribution >= 0.6 is 0 Å². The average Bonchev–Trinajstić information content (AvgIpc) is 2.81. The van der Waals surface area contributed by atoms with Crippen molar-refractivity contribution >= 4 is 17.6 Å². The van der Waals surface area contributed by atoms with Crippen molar-refractivity contribution in [2.75, 3.05) is 38.2 Å². The van der Waals surface area contributed by atoms with E-state index in [1.807, 2.05) is 37.3 Å². The van der Waals surface area contributed by atoms with Gasteiger partial charge in [0.25, 0.3) is 5.91 Å². The summed E-state index contributed by atoms with van der Waals surface area (Å²) in [5, 5.41) is 9.52. The van der Waals surface area contributed by atoms with Gasteiger partial charge in [-0.2, -0.15) is 0 Å². The molecule has 0 saturated carbocycles. The summed E-state index contributed by atoms with van der Waals surface area (Å²) in [6, 6.07) is 14.6. The van der Waals surface area contributed by atoms with Crippen LogP contribution in [0.2, 0.25) is 0 Å². The number of anilines is 1. The topological polar surface area (TPSA) is 78.0 Å². The summed E-state index contributed by atoms with van der Waals surface area (Å²) in [6.45, 7) is 4.72. The summed E-state index contributed by atoms with van der Waals surface area (Å²) in [4.78, 5) is 18.1. The number of halogens is 1. The number of carbonyl (C=O) groups excluding carboxylic acids is 1. The SMILES string of the molecule is CCNC(=O)COc1cccc(CNC(=NC)NC2CCCN(c3cccc(F)c3)C2)c1. The highest BCUT2D eigenvalue weighted by molar-refractivity contribution is 5.80. The molecular weight excluding hydrogens is 409 g/mol. The molecule has 1 amide bonds. The Bertz CT molecular complexity index is 921. The lowest BCUT2D eigenvalue weighted by Crippen LogP contribution is -2.51. The number of hydrogen-bond donors (Lipinski definition) is 3. The zero-order chi connectivity index (χ0) is 22.8. The van der Waals surface area contributed by atoms with Gasteiger partial charge in [0.15, 0.2) is 12.6 Å². The molecule has 3 rings (SSSR count). The van der Waals surface area contributed by atoms with E-state index in [-0.39, 0.29) is 24.4 Å². The Kier molecular flexibility index (Phi) is 8.71. The second-order valence-electron chi connectivity index (χ2n) is 7.72. The predicted octanol–water partition coefficient (Wildman–Crippen LogP) is 2.67. The van der Waals surface area contributed by atoms with Gasteiger partial charge in [-0.05, 0) is 55.7 Å². The maximum atomic E-state index is 13.6. The lowest BCUT2D eigenvalue weighted by Gasteiger charge is -2.35. The van der Waals surface area contributed by atoms with Gasteiger partial charge in [0, 0.05) is 45.0 Å². The molecule has 1 heterocycles. The fourth-order valence-electron chi connectivity index (χ4n) is 3.72. The summed E-state index contributed by atoms with van der Waals surface area (Å²) in [5.41, 5.74) is 1.93. The second-order valence-corrected chi connectivity index (χ2v) is 7.72. The Morgan fingerprint density at radius 3 is 2.84 bits per heavy atom. The van der Waals surface area contributed by atoms with E-state index in [9.17, 15) is 9.18 Å². The van der Waals surface area contributed by atoms with Crippen LogP contribution in [0.3, 0.4) is 0 Å². The normalized spacial score (nSPS) is 16.4. The molecule has 1 saturated heterocycles. The zero-order valence-electron chi connectivity index (χ0n) is 18.7. The number of rotatable bonds is 8. The van der Waals surface area contributed by atoms with Crippen molar-refractivity contribution in [3.05, 3.63) is 59.9 Å². The van der Waals surface area contributed by atoms with Gasteiger partial charge < -0.3 is 25.6 Å². The number of ether oxygens (including phenoxy) is 1. The van der Waals surface area contributed by atoms with Crippen LogP contribution in [-0.2, 0) is 11.3 Å². The van der Waals surface area contributed by atoms with E-state index >= 15 is 0 Å². The molecule has 0 aliphatic carbocycles. The number of nitrogens with one attached hydrogen (secondary N) is 3. The van der Waals surface area contributed by atoms with E-state index in [1.54, 1.807) is 19.2 Å². The summed E-state index contributed by atoms with van der Waals surface area (Å²) < 4.78 is 19.2. The minimum Gasteiger partial charge on any atom is -0.484 e. The van der Waals surface area contributed by atoms with Gasteiger partial charge in [0.2, 0.25) is 0 Å². The molecule has 0 radical (unpaired) electrons. The molecule has 0 spiro atoms. The van der Waals surface area contributed by atoms with E-state index in [0.29, 0.717) is 24.8 Å². The number of benzene rings is 2. The molecule has 2 aromatic rings. The number of nitrogens with zero attached hydrogens (tertiary/aromatic N) is 2. The number of likely N-dealkylation sites (N-methyl/N-ethyl adjacent to an activating group) is 1. The highest BCUT2D eigenvalue weighted by atomic mass is 19.1. The molecule has 1 aliphatic heterocycles. The van der Waals surface area contributed by atoms with Crippen molar-refractivity contribution in [1.29, 1.82) is 0 Å². The molecule has 3 N–H and O–H groups in total. The Balaban J connectivity index is 1.50. The first kappa shape index (κ1) is 23.4. The smallest absolute Gasteiger partial charge is 0.257 e. The van der Waals surface area contributed by atoms with Crippen molar-refractivity contribution in [2.45, 2.75) is 32.4 Å². The fourth-order valence-corrected chi connectivity index (χ4v) is 3.72. The Morgan fingerprint density at radius 2 is 2.06 bits per heavy atom. The Morgan fingerprint density at radius 1 is 1.22 bits per heavy atom. The molecule has 0 aromatic heterocycles. The first-order chi connectivity index (χ1) is 15.6. The van der Waals surface area contributed by atoms with Crippen molar-refractivity contribution in [1.82, 2.24) is 16.0 Å². The minimum absolute atomic E-state index is 0.00254. The van der Waals surface area contributed by atoms with Crippen molar-refractivity contribution < 1.29 is 13.9 Å². The van der Waals surface area contributed by atoms with Gasteiger partial charge >= 0.3 is 0 Å². The van der Waals surface area contributed by atoms with Crippen molar-refractivity contribution in [3.63, 3.8) is 0 Å².